The summed E-state index contributed by atoms with van der Waals surface area (Å²) in [7, 11) is 0.292. The van der Waals surface area contributed by atoms with Crippen LogP contribution in [0.1, 0.15) is 5.56 Å². The van der Waals surface area contributed by atoms with E-state index in [9.17, 15) is 8.78 Å². The average molecular weight is 182 g/mol. The van der Waals surface area contributed by atoms with Crippen LogP contribution in [0.25, 0.3) is 0 Å². The van der Waals surface area contributed by atoms with Gasteiger partial charge in [0, 0.05) is 12.1 Å². The van der Waals surface area contributed by atoms with Crippen LogP contribution in [0.5, 0.6) is 5.75 Å². The Balaban J connectivity index is 3.14. The van der Waals surface area contributed by atoms with Gasteiger partial charge in [-0.2, -0.15) is 5.26 Å². The molecular formula is C7H3BF2NO2. The second kappa shape index (κ2) is 3.87. The van der Waals surface area contributed by atoms with Gasteiger partial charge < -0.3 is 9.68 Å². The van der Waals surface area contributed by atoms with Crippen LogP contribution in [-0.4, -0.2) is 12.7 Å². The van der Waals surface area contributed by atoms with Crippen molar-refractivity contribution >= 4 is 7.69 Å². The molecule has 0 aliphatic heterocycles. The molecular weight excluding hydrogens is 179 g/mol. The first-order valence-electron chi connectivity index (χ1n) is 3.20. The second-order valence-electron chi connectivity index (χ2n) is 2.10. The largest absolute Gasteiger partial charge is 0.569 e. The topological polar surface area (TPSA) is 53.2 Å². The predicted molar refractivity (Wildman–Crippen MR) is 39.7 cm³/mol. The standard InChI is InChI=1S/C7H3BF2NO2/c9-6-1-4(13-8-12)2-7(10)5(6)3-11/h1-2,12H. The minimum Gasteiger partial charge on any atom is -0.537 e. The number of rotatable bonds is 2. The molecule has 0 aliphatic rings. The van der Waals surface area contributed by atoms with Crippen LogP contribution in [0.3, 0.4) is 0 Å². The zero-order valence-electron chi connectivity index (χ0n) is 6.29. The van der Waals surface area contributed by atoms with Crippen molar-refractivity contribution in [3.8, 4) is 11.8 Å². The van der Waals surface area contributed by atoms with Crippen LogP contribution >= 0.6 is 0 Å². The Bertz CT molecular complexity index is 341. The van der Waals surface area contributed by atoms with Gasteiger partial charge in [0.1, 0.15) is 29.0 Å². The van der Waals surface area contributed by atoms with Crippen molar-refractivity contribution in [2.45, 2.75) is 0 Å². The van der Waals surface area contributed by atoms with Crippen LogP contribution in [0, 0.1) is 23.0 Å². The second-order valence-corrected chi connectivity index (χ2v) is 2.10. The van der Waals surface area contributed by atoms with Crippen molar-refractivity contribution in [1.82, 2.24) is 0 Å². The molecule has 0 amide bonds. The van der Waals surface area contributed by atoms with Gasteiger partial charge >= 0.3 is 7.69 Å². The van der Waals surface area contributed by atoms with Crippen molar-refractivity contribution in [3.05, 3.63) is 29.3 Å². The van der Waals surface area contributed by atoms with Crippen LogP contribution in [0.2, 0.25) is 0 Å². The summed E-state index contributed by atoms with van der Waals surface area (Å²) in [6, 6.07) is 2.95. The monoisotopic (exact) mass is 182 g/mol. The van der Waals surface area contributed by atoms with Gasteiger partial charge in [-0.1, -0.05) is 0 Å². The van der Waals surface area contributed by atoms with Crippen molar-refractivity contribution in [2.75, 3.05) is 0 Å². The normalized spacial score (nSPS) is 9.08. The minimum absolute atomic E-state index is 0.212. The Morgan fingerprint density at radius 1 is 1.38 bits per heavy atom. The molecule has 0 unspecified atom stereocenters. The maximum absolute atomic E-state index is 12.8. The van der Waals surface area contributed by atoms with E-state index < -0.39 is 17.2 Å². The molecule has 65 valence electrons. The minimum atomic E-state index is -1.03. The van der Waals surface area contributed by atoms with Crippen molar-refractivity contribution < 1.29 is 18.5 Å². The first-order valence-corrected chi connectivity index (χ1v) is 3.20. The predicted octanol–water partition coefficient (Wildman–Crippen LogP) is 0.742. The molecule has 1 N–H and O–H groups in total. The van der Waals surface area contributed by atoms with E-state index >= 15 is 0 Å². The molecule has 0 aromatic heterocycles. The highest BCUT2D eigenvalue weighted by molar-refractivity contribution is 6.17. The third kappa shape index (κ3) is 1.95. The highest BCUT2D eigenvalue weighted by Crippen LogP contribution is 2.19. The fourth-order valence-corrected chi connectivity index (χ4v) is 0.786. The van der Waals surface area contributed by atoms with E-state index in [2.05, 4.69) is 4.65 Å². The molecule has 1 radical (unpaired) electrons. The molecule has 0 saturated heterocycles. The van der Waals surface area contributed by atoms with E-state index in [1.807, 2.05) is 0 Å². The van der Waals surface area contributed by atoms with Gasteiger partial charge in [0.05, 0.1) is 0 Å². The van der Waals surface area contributed by atoms with Crippen LogP contribution in [0.4, 0.5) is 8.78 Å². The fourth-order valence-electron chi connectivity index (χ4n) is 0.786. The zero-order valence-corrected chi connectivity index (χ0v) is 6.29. The molecule has 1 rings (SSSR count). The van der Waals surface area contributed by atoms with Gasteiger partial charge in [-0.05, 0) is 0 Å². The number of hydrogen-bond donors (Lipinski definition) is 1. The Labute approximate surface area is 73.5 Å². The summed E-state index contributed by atoms with van der Waals surface area (Å²) in [5.74, 6) is -2.27. The Kier molecular flexibility index (Phi) is 2.82. The fraction of sp³-hybridized carbons (Fsp3) is 0. The smallest absolute Gasteiger partial charge is 0.537 e. The quantitative estimate of drug-likeness (QED) is 0.686. The summed E-state index contributed by atoms with van der Waals surface area (Å²) in [6.07, 6.45) is 0. The highest BCUT2D eigenvalue weighted by Gasteiger charge is 2.10. The summed E-state index contributed by atoms with van der Waals surface area (Å²) in [6.45, 7) is 0. The lowest BCUT2D eigenvalue weighted by atomic mass is 10.2. The molecule has 0 saturated carbocycles. The van der Waals surface area contributed by atoms with Gasteiger partial charge in [-0.25, -0.2) is 8.78 Å². The lowest BCUT2D eigenvalue weighted by Crippen LogP contribution is -2.01. The van der Waals surface area contributed by atoms with E-state index in [1.165, 1.54) is 6.07 Å². The molecule has 0 atom stereocenters. The van der Waals surface area contributed by atoms with E-state index in [4.69, 9.17) is 10.3 Å². The van der Waals surface area contributed by atoms with E-state index in [1.54, 1.807) is 0 Å². The van der Waals surface area contributed by atoms with Gasteiger partial charge in [0.15, 0.2) is 0 Å². The molecule has 3 nitrogen and oxygen atoms in total. The van der Waals surface area contributed by atoms with Crippen molar-refractivity contribution in [3.63, 3.8) is 0 Å². The van der Waals surface area contributed by atoms with Gasteiger partial charge in [0.2, 0.25) is 0 Å². The Hall–Kier alpha value is -1.61. The van der Waals surface area contributed by atoms with Crippen LogP contribution in [0.15, 0.2) is 12.1 Å². The van der Waals surface area contributed by atoms with Gasteiger partial charge in [0.25, 0.3) is 0 Å². The summed E-state index contributed by atoms with van der Waals surface area (Å²) in [5.41, 5.74) is -0.676. The summed E-state index contributed by atoms with van der Waals surface area (Å²) >= 11 is 0. The van der Waals surface area contributed by atoms with E-state index in [-0.39, 0.29) is 5.75 Å². The molecule has 13 heavy (non-hydrogen) atoms. The molecule has 0 heterocycles. The van der Waals surface area contributed by atoms with Gasteiger partial charge in [-0.15, -0.1) is 0 Å². The third-order valence-electron chi connectivity index (χ3n) is 1.32. The summed E-state index contributed by atoms with van der Waals surface area (Å²) in [5, 5.41) is 16.5. The number of hydrogen-bond acceptors (Lipinski definition) is 3. The highest BCUT2D eigenvalue weighted by atomic mass is 19.1. The molecule has 0 bridgehead atoms. The number of halogens is 2. The molecule has 0 spiro atoms. The average Bonchev–Trinajstić information content (AvgIpc) is 2.04. The van der Waals surface area contributed by atoms with Crippen molar-refractivity contribution in [1.29, 1.82) is 5.26 Å². The lowest BCUT2D eigenvalue weighted by molar-refractivity contribution is 0.447. The van der Waals surface area contributed by atoms with Crippen LogP contribution in [-0.2, 0) is 0 Å². The molecule has 0 aliphatic carbocycles. The molecule has 1 aromatic carbocycles. The first kappa shape index (κ1) is 9.48. The van der Waals surface area contributed by atoms with Crippen molar-refractivity contribution in [2.24, 2.45) is 0 Å². The van der Waals surface area contributed by atoms with Crippen LogP contribution < -0.4 is 4.65 Å². The first-order chi connectivity index (χ1) is 6.19. The lowest BCUT2D eigenvalue weighted by Gasteiger charge is -2.02. The number of benzene rings is 1. The van der Waals surface area contributed by atoms with E-state index in [0.717, 1.165) is 12.1 Å². The maximum Gasteiger partial charge on any atom is 0.569 e. The summed E-state index contributed by atoms with van der Waals surface area (Å²) < 4.78 is 29.9. The molecule has 1 aromatic rings. The molecule has 6 heteroatoms. The SMILES string of the molecule is N#Cc1c(F)cc(O[B]O)cc1F. The Morgan fingerprint density at radius 2 is 1.92 bits per heavy atom. The third-order valence-corrected chi connectivity index (χ3v) is 1.32. The molecule has 0 fully saturated rings. The Morgan fingerprint density at radius 3 is 2.31 bits per heavy atom. The van der Waals surface area contributed by atoms with E-state index in [0.29, 0.717) is 7.69 Å². The number of nitriles is 1. The van der Waals surface area contributed by atoms with Gasteiger partial charge in [-0.3, -0.25) is 0 Å². The number of nitrogens with zero attached hydrogens (tertiary/aromatic N) is 1. The summed E-state index contributed by atoms with van der Waals surface area (Å²) in [4.78, 5) is 0. The zero-order chi connectivity index (χ0) is 9.84. The maximum atomic E-state index is 12.8.